The lowest BCUT2D eigenvalue weighted by atomic mass is 10.2. The molecule has 2 heterocycles. The van der Waals surface area contributed by atoms with E-state index in [-0.39, 0.29) is 5.57 Å². The van der Waals surface area contributed by atoms with Gasteiger partial charge in [0.15, 0.2) is 0 Å². The van der Waals surface area contributed by atoms with Crippen molar-refractivity contribution < 1.29 is 23.5 Å². The van der Waals surface area contributed by atoms with E-state index < -0.39 is 17.8 Å². The van der Waals surface area contributed by atoms with Gasteiger partial charge in [0.05, 0.1) is 24.6 Å². The van der Waals surface area contributed by atoms with E-state index in [2.05, 4.69) is 10.2 Å². The van der Waals surface area contributed by atoms with Crippen LogP contribution in [0.15, 0.2) is 52.7 Å². The van der Waals surface area contributed by atoms with Crippen molar-refractivity contribution in [3.8, 4) is 0 Å². The van der Waals surface area contributed by atoms with Gasteiger partial charge in [-0.2, -0.15) is 0 Å². The topological polar surface area (TPSA) is 88.8 Å². The molecule has 116 valence electrons. The van der Waals surface area contributed by atoms with Crippen LogP contribution in [-0.4, -0.2) is 24.9 Å². The van der Waals surface area contributed by atoms with Crippen molar-refractivity contribution in [2.75, 3.05) is 12.1 Å². The summed E-state index contributed by atoms with van der Waals surface area (Å²) in [7, 11) is 1.28. The molecule has 0 aliphatic carbocycles. The second-order valence-electron chi connectivity index (χ2n) is 4.69. The van der Waals surface area contributed by atoms with Crippen LogP contribution in [0.3, 0.4) is 0 Å². The lowest BCUT2D eigenvalue weighted by Gasteiger charge is -2.14. The standard InChI is InChI=1S/C16H12N2O5/c1-22-16(21)10-4-6-11(7-5-10)18-15(20)13(14(19)17-18)9-12-3-2-8-23-12/h2-9H,1H3,(H,17,19)/b13-9-. The zero-order valence-electron chi connectivity index (χ0n) is 12.1. The zero-order valence-corrected chi connectivity index (χ0v) is 12.1. The number of methoxy groups -OCH3 is 1. The first-order chi connectivity index (χ1) is 11.1. The minimum Gasteiger partial charge on any atom is -0.465 e. The number of esters is 1. The van der Waals surface area contributed by atoms with Crippen LogP contribution in [0, 0.1) is 0 Å². The molecule has 1 N–H and O–H groups in total. The fourth-order valence-corrected chi connectivity index (χ4v) is 2.12. The lowest BCUT2D eigenvalue weighted by Crippen LogP contribution is -2.35. The molecule has 0 saturated carbocycles. The van der Waals surface area contributed by atoms with Gasteiger partial charge in [-0.1, -0.05) is 0 Å². The van der Waals surface area contributed by atoms with Crippen LogP contribution >= 0.6 is 0 Å². The lowest BCUT2D eigenvalue weighted by molar-refractivity contribution is -0.117. The molecule has 1 aliphatic heterocycles. The van der Waals surface area contributed by atoms with E-state index in [1.54, 1.807) is 24.3 Å². The fourth-order valence-electron chi connectivity index (χ4n) is 2.12. The molecular formula is C16H12N2O5. The van der Waals surface area contributed by atoms with E-state index in [9.17, 15) is 14.4 Å². The van der Waals surface area contributed by atoms with Crippen molar-refractivity contribution in [2.24, 2.45) is 0 Å². The third-order valence-corrected chi connectivity index (χ3v) is 3.27. The van der Waals surface area contributed by atoms with E-state index in [0.29, 0.717) is 17.0 Å². The molecule has 0 bridgehead atoms. The van der Waals surface area contributed by atoms with Gasteiger partial charge >= 0.3 is 5.97 Å². The molecule has 0 radical (unpaired) electrons. The summed E-state index contributed by atoms with van der Waals surface area (Å²) >= 11 is 0. The van der Waals surface area contributed by atoms with Gasteiger partial charge in [0.2, 0.25) is 0 Å². The fraction of sp³-hybridized carbons (Fsp3) is 0.0625. The number of amides is 2. The first kappa shape index (κ1) is 14.6. The Kier molecular flexibility index (Phi) is 3.68. The first-order valence-electron chi connectivity index (χ1n) is 6.69. The summed E-state index contributed by atoms with van der Waals surface area (Å²) in [6, 6.07) is 9.40. The van der Waals surface area contributed by atoms with Gasteiger partial charge in [0.1, 0.15) is 11.3 Å². The summed E-state index contributed by atoms with van der Waals surface area (Å²) in [5, 5.41) is 1.11. The number of hydrazine groups is 1. The maximum atomic E-state index is 12.4. The Hall–Kier alpha value is -3.35. The van der Waals surface area contributed by atoms with Crippen LogP contribution in [0.4, 0.5) is 5.69 Å². The van der Waals surface area contributed by atoms with Gasteiger partial charge in [-0.3, -0.25) is 15.0 Å². The predicted molar refractivity (Wildman–Crippen MR) is 80.1 cm³/mol. The number of rotatable bonds is 3. The highest BCUT2D eigenvalue weighted by atomic mass is 16.5. The van der Waals surface area contributed by atoms with Crippen LogP contribution in [-0.2, 0) is 14.3 Å². The Labute approximate surface area is 131 Å². The summed E-state index contributed by atoms with van der Waals surface area (Å²) in [5.74, 6) is -1.10. The minimum absolute atomic E-state index is 0.0306. The number of ether oxygens (including phenoxy) is 1. The molecular weight excluding hydrogens is 300 g/mol. The molecule has 1 aromatic heterocycles. The molecule has 23 heavy (non-hydrogen) atoms. The van der Waals surface area contributed by atoms with Crippen LogP contribution in [0.5, 0.6) is 0 Å². The molecule has 3 rings (SSSR count). The largest absolute Gasteiger partial charge is 0.465 e. The van der Waals surface area contributed by atoms with Crippen LogP contribution in [0.25, 0.3) is 6.08 Å². The normalized spacial score (nSPS) is 15.9. The summed E-state index contributed by atoms with van der Waals surface area (Å²) in [4.78, 5) is 35.7. The van der Waals surface area contributed by atoms with Crippen LogP contribution in [0.2, 0.25) is 0 Å². The molecule has 1 fully saturated rings. The Morgan fingerprint density at radius 1 is 1.22 bits per heavy atom. The summed E-state index contributed by atoms with van der Waals surface area (Å²) in [5.41, 5.74) is 3.21. The van der Waals surface area contributed by atoms with Gasteiger partial charge in [-0.25, -0.2) is 9.80 Å². The Morgan fingerprint density at radius 2 is 1.96 bits per heavy atom. The average molecular weight is 312 g/mol. The second-order valence-corrected chi connectivity index (χ2v) is 4.69. The third-order valence-electron chi connectivity index (χ3n) is 3.27. The predicted octanol–water partition coefficient (Wildman–Crippen LogP) is 1.53. The highest BCUT2D eigenvalue weighted by Crippen LogP contribution is 2.22. The highest BCUT2D eigenvalue weighted by Gasteiger charge is 2.34. The van der Waals surface area contributed by atoms with Gasteiger partial charge in [0.25, 0.3) is 11.8 Å². The summed E-state index contributed by atoms with van der Waals surface area (Å²) in [6.07, 6.45) is 2.83. The molecule has 1 aromatic carbocycles. The zero-order chi connectivity index (χ0) is 16.4. The first-order valence-corrected chi connectivity index (χ1v) is 6.69. The van der Waals surface area contributed by atoms with Gasteiger partial charge in [0, 0.05) is 0 Å². The molecule has 1 aliphatic rings. The van der Waals surface area contributed by atoms with Crippen molar-refractivity contribution in [2.45, 2.75) is 0 Å². The molecule has 7 heteroatoms. The van der Waals surface area contributed by atoms with Crippen molar-refractivity contribution in [3.05, 3.63) is 59.6 Å². The second kappa shape index (κ2) is 5.80. The molecule has 0 atom stereocenters. The Morgan fingerprint density at radius 3 is 2.57 bits per heavy atom. The van der Waals surface area contributed by atoms with E-state index in [1.807, 2.05) is 0 Å². The maximum Gasteiger partial charge on any atom is 0.337 e. The number of benzene rings is 1. The van der Waals surface area contributed by atoms with Crippen molar-refractivity contribution in [1.82, 2.24) is 5.43 Å². The Bertz CT molecular complexity index is 790. The van der Waals surface area contributed by atoms with Crippen LogP contribution < -0.4 is 10.4 Å². The quantitative estimate of drug-likeness (QED) is 0.527. The molecule has 0 spiro atoms. The molecule has 7 nitrogen and oxygen atoms in total. The smallest absolute Gasteiger partial charge is 0.337 e. The van der Waals surface area contributed by atoms with Crippen molar-refractivity contribution in [3.63, 3.8) is 0 Å². The maximum absolute atomic E-state index is 12.4. The summed E-state index contributed by atoms with van der Waals surface area (Å²) < 4.78 is 9.72. The molecule has 1 saturated heterocycles. The number of nitrogens with zero attached hydrogens (tertiary/aromatic N) is 1. The number of hydrogen-bond acceptors (Lipinski definition) is 5. The van der Waals surface area contributed by atoms with E-state index in [4.69, 9.17) is 4.42 Å². The monoisotopic (exact) mass is 312 g/mol. The van der Waals surface area contributed by atoms with Gasteiger partial charge in [-0.15, -0.1) is 0 Å². The number of hydrogen-bond donors (Lipinski definition) is 1. The minimum atomic E-state index is -0.525. The van der Waals surface area contributed by atoms with Crippen LogP contribution in [0.1, 0.15) is 16.1 Å². The molecule has 0 unspecified atom stereocenters. The Balaban J connectivity index is 1.86. The number of carbonyl (C=O) groups excluding carboxylic acids is 3. The van der Waals surface area contributed by atoms with Crippen molar-refractivity contribution >= 4 is 29.5 Å². The van der Waals surface area contributed by atoms with Gasteiger partial charge in [-0.05, 0) is 42.5 Å². The summed E-state index contributed by atoms with van der Waals surface area (Å²) in [6.45, 7) is 0. The number of anilines is 1. The SMILES string of the molecule is COC(=O)c1ccc(N2NC(=O)/C(=C/c3ccco3)C2=O)cc1. The average Bonchev–Trinajstić information content (AvgIpc) is 3.18. The molecule has 2 aromatic rings. The van der Waals surface area contributed by atoms with E-state index in [1.165, 1.54) is 31.6 Å². The van der Waals surface area contributed by atoms with E-state index in [0.717, 1.165) is 5.01 Å². The number of nitrogens with one attached hydrogen (secondary N) is 1. The van der Waals surface area contributed by atoms with Gasteiger partial charge < -0.3 is 9.15 Å². The highest BCUT2D eigenvalue weighted by molar-refractivity contribution is 6.31. The van der Waals surface area contributed by atoms with E-state index >= 15 is 0 Å². The number of carbonyl (C=O) groups is 3. The number of furan rings is 1. The third kappa shape index (κ3) is 2.71. The van der Waals surface area contributed by atoms with Crippen molar-refractivity contribution in [1.29, 1.82) is 0 Å². The molecule has 2 amide bonds.